The van der Waals surface area contributed by atoms with Crippen molar-refractivity contribution >= 4 is 29.1 Å². The van der Waals surface area contributed by atoms with E-state index in [2.05, 4.69) is 18.2 Å². The number of nitrogens with zero attached hydrogens (tertiary/aromatic N) is 2. The summed E-state index contributed by atoms with van der Waals surface area (Å²) in [6.45, 7) is 4.85. The lowest BCUT2D eigenvalue weighted by atomic mass is 10.2. The Bertz CT molecular complexity index is 918. The molecule has 1 aromatic heterocycles. The van der Waals surface area contributed by atoms with Crippen LogP contribution in [0.2, 0.25) is 0 Å². The van der Waals surface area contributed by atoms with Gasteiger partial charge in [0.15, 0.2) is 0 Å². The van der Waals surface area contributed by atoms with Gasteiger partial charge in [0, 0.05) is 18.7 Å². The SMILES string of the molecule is CCOP(=O)(Cc1ccc(-c2nc3ccccc3s2)cc1)N1CCOCC1. The van der Waals surface area contributed by atoms with E-state index in [0.29, 0.717) is 39.1 Å². The summed E-state index contributed by atoms with van der Waals surface area (Å²) in [6, 6.07) is 16.3. The Morgan fingerprint density at radius 2 is 1.89 bits per heavy atom. The number of para-hydroxylation sites is 1. The van der Waals surface area contributed by atoms with Crippen LogP contribution in [0.5, 0.6) is 0 Å². The van der Waals surface area contributed by atoms with Crippen molar-refractivity contribution in [3.05, 3.63) is 54.1 Å². The van der Waals surface area contributed by atoms with Gasteiger partial charge in [-0.3, -0.25) is 4.57 Å². The Morgan fingerprint density at radius 1 is 1.15 bits per heavy atom. The molecule has 5 nitrogen and oxygen atoms in total. The third-order valence-electron chi connectivity index (χ3n) is 4.63. The van der Waals surface area contributed by atoms with E-state index < -0.39 is 7.52 Å². The minimum absolute atomic E-state index is 0.418. The van der Waals surface area contributed by atoms with E-state index in [1.807, 2.05) is 41.9 Å². The van der Waals surface area contributed by atoms with Crippen LogP contribution in [0.4, 0.5) is 0 Å². The van der Waals surface area contributed by atoms with E-state index >= 15 is 0 Å². The van der Waals surface area contributed by atoms with Crippen LogP contribution in [0.25, 0.3) is 20.8 Å². The molecule has 4 rings (SSSR count). The molecule has 0 aliphatic carbocycles. The molecule has 0 N–H and O–H groups in total. The van der Waals surface area contributed by atoms with Gasteiger partial charge in [-0.1, -0.05) is 36.4 Å². The zero-order chi connectivity index (χ0) is 18.7. The molecule has 1 fully saturated rings. The van der Waals surface area contributed by atoms with Crippen LogP contribution < -0.4 is 0 Å². The van der Waals surface area contributed by atoms with E-state index in [1.165, 1.54) is 4.70 Å². The molecule has 1 aliphatic rings. The zero-order valence-corrected chi connectivity index (χ0v) is 17.0. The molecule has 0 amide bonds. The predicted octanol–water partition coefficient (Wildman–Crippen LogP) is 5.03. The Labute approximate surface area is 163 Å². The van der Waals surface area contributed by atoms with Crippen molar-refractivity contribution in [2.75, 3.05) is 32.9 Å². The second-order valence-corrected chi connectivity index (χ2v) is 9.91. The van der Waals surface area contributed by atoms with Crippen molar-refractivity contribution < 1.29 is 13.8 Å². The van der Waals surface area contributed by atoms with Crippen molar-refractivity contribution in [1.29, 1.82) is 0 Å². The molecule has 27 heavy (non-hydrogen) atoms. The van der Waals surface area contributed by atoms with Gasteiger partial charge in [0.05, 0.1) is 36.2 Å². The number of benzene rings is 2. The molecule has 2 heterocycles. The van der Waals surface area contributed by atoms with Crippen molar-refractivity contribution in [2.24, 2.45) is 0 Å². The lowest BCUT2D eigenvalue weighted by molar-refractivity contribution is 0.0648. The monoisotopic (exact) mass is 402 g/mol. The second-order valence-electron chi connectivity index (χ2n) is 6.46. The number of ether oxygens (including phenoxy) is 1. The molecule has 1 atom stereocenters. The van der Waals surface area contributed by atoms with E-state index in [1.54, 1.807) is 11.3 Å². The summed E-state index contributed by atoms with van der Waals surface area (Å²) in [7, 11) is -2.89. The number of hydrogen-bond donors (Lipinski definition) is 0. The molecule has 0 saturated carbocycles. The highest BCUT2D eigenvalue weighted by Gasteiger charge is 2.33. The number of aromatic nitrogens is 1. The highest BCUT2D eigenvalue weighted by Crippen LogP contribution is 2.54. The van der Waals surface area contributed by atoms with Gasteiger partial charge >= 0.3 is 0 Å². The van der Waals surface area contributed by atoms with Crippen LogP contribution in [-0.2, 0) is 20.0 Å². The van der Waals surface area contributed by atoms with Crippen molar-refractivity contribution in [2.45, 2.75) is 13.1 Å². The van der Waals surface area contributed by atoms with Gasteiger partial charge in [-0.2, -0.15) is 0 Å². The summed E-state index contributed by atoms with van der Waals surface area (Å²) in [5.41, 5.74) is 3.12. The fourth-order valence-corrected chi connectivity index (χ4v) is 6.54. The Kier molecular flexibility index (Phi) is 5.71. The topological polar surface area (TPSA) is 51.7 Å². The summed E-state index contributed by atoms with van der Waals surface area (Å²) >= 11 is 1.69. The molecule has 1 saturated heterocycles. The molecule has 2 aromatic carbocycles. The quantitative estimate of drug-likeness (QED) is 0.542. The predicted molar refractivity (Wildman–Crippen MR) is 110 cm³/mol. The van der Waals surface area contributed by atoms with Crippen LogP contribution in [0.3, 0.4) is 0 Å². The maximum atomic E-state index is 13.4. The van der Waals surface area contributed by atoms with Crippen molar-refractivity contribution in [3.8, 4) is 10.6 Å². The van der Waals surface area contributed by atoms with Gasteiger partial charge in [-0.25, -0.2) is 9.65 Å². The molecule has 142 valence electrons. The zero-order valence-electron chi connectivity index (χ0n) is 15.3. The number of thiazole rings is 1. The summed E-state index contributed by atoms with van der Waals surface area (Å²) in [5.74, 6) is 0. The van der Waals surface area contributed by atoms with Crippen LogP contribution in [0.15, 0.2) is 48.5 Å². The minimum Gasteiger partial charge on any atom is -0.379 e. The first-order chi connectivity index (χ1) is 13.2. The van der Waals surface area contributed by atoms with E-state index in [0.717, 1.165) is 21.7 Å². The molecule has 7 heteroatoms. The average Bonchev–Trinajstić information content (AvgIpc) is 3.14. The maximum Gasteiger partial charge on any atom is 0.276 e. The van der Waals surface area contributed by atoms with Gasteiger partial charge < -0.3 is 9.26 Å². The highest BCUT2D eigenvalue weighted by molar-refractivity contribution is 7.55. The summed E-state index contributed by atoms with van der Waals surface area (Å²) in [6.07, 6.45) is 0.418. The van der Waals surface area contributed by atoms with E-state index in [4.69, 9.17) is 14.2 Å². The smallest absolute Gasteiger partial charge is 0.276 e. The third-order valence-corrected chi connectivity index (χ3v) is 8.40. The summed E-state index contributed by atoms with van der Waals surface area (Å²) in [4.78, 5) is 4.71. The van der Waals surface area contributed by atoms with Gasteiger partial charge in [-0.15, -0.1) is 11.3 Å². The van der Waals surface area contributed by atoms with Crippen LogP contribution in [0.1, 0.15) is 12.5 Å². The Balaban J connectivity index is 1.54. The molecule has 3 aromatic rings. The first-order valence-electron chi connectivity index (χ1n) is 9.19. The van der Waals surface area contributed by atoms with Crippen molar-refractivity contribution in [3.63, 3.8) is 0 Å². The number of fused-ring (bicyclic) bond motifs is 1. The van der Waals surface area contributed by atoms with E-state index in [9.17, 15) is 4.57 Å². The lowest BCUT2D eigenvalue weighted by Gasteiger charge is -2.33. The lowest BCUT2D eigenvalue weighted by Crippen LogP contribution is -2.34. The van der Waals surface area contributed by atoms with Crippen LogP contribution >= 0.6 is 18.9 Å². The number of morpholine rings is 1. The van der Waals surface area contributed by atoms with Gasteiger partial charge in [0.25, 0.3) is 7.52 Å². The Morgan fingerprint density at radius 3 is 2.59 bits per heavy atom. The van der Waals surface area contributed by atoms with E-state index in [-0.39, 0.29) is 0 Å². The second kappa shape index (κ2) is 8.21. The van der Waals surface area contributed by atoms with Crippen molar-refractivity contribution in [1.82, 2.24) is 9.65 Å². The molecule has 1 aliphatic heterocycles. The first kappa shape index (κ1) is 18.8. The normalized spacial score (nSPS) is 17.8. The maximum absolute atomic E-state index is 13.4. The standard InChI is InChI=1S/C20H23N2O3PS/c1-2-25-26(23,22-11-13-24-14-12-22)15-16-7-9-17(10-8-16)20-21-18-5-3-4-6-19(18)27-20/h3-10H,2,11-15H2,1H3. The number of rotatable bonds is 6. The molecule has 1 unspecified atom stereocenters. The molecule has 0 bridgehead atoms. The molecular weight excluding hydrogens is 379 g/mol. The van der Waals surface area contributed by atoms with Crippen LogP contribution in [-0.4, -0.2) is 42.6 Å². The minimum atomic E-state index is -2.89. The fourth-order valence-electron chi connectivity index (χ4n) is 3.27. The molecule has 0 spiro atoms. The largest absolute Gasteiger partial charge is 0.379 e. The first-order valence-corrected chi connectivity index (χ1v) is 11.8. The van der Waals surface area contributed by atoms with Crippen LogP contribution in [0, 0.1) is 0 Å². The molecule has 0 radical (unpaired) electrons. The fraction of sp³-hybridized carbons (Fsp3) is 0.350. The third kappa shape index (κ3) is 4.15. The highest BCUT2D eigenvalue weighted by atomic mass is 32.1. The summed E-state index contributed by atoms with van der Waals surface area (Å²) in [5, 5.41) is 1.00. The molecular formula is C20H23N2O3PS. The van der Waals surface area contributed by atoms with Gasteiger partial charge in [0.1, 0.15) is 5.01 Å². The Hall–Kier alpha value is -1.56. The van der Waals surface area contributed by atoms with Gasteiger partial charge in [0.2, 0.25) is 0 Å². The number of hydrogen-bond acceptors (Lipinski definition) is 5. The van der Waals surface area contributed by atoms with Gasteiger partial charge in [-0.05, 0) is 24.6 Å². The summed E-state index contributed by atoms with van der Waals surface area (Å²) < 4.78 is 27.7. The average molecular weight is 402 g/mol.